The lowest BCUT2D eigenvalue weighted by Crippen LogP contribution is -2.17. The highest BCUT2D eigenvalue weighted by atomic mass is 35.5. The summed E-state index contributed by atoms with van der Waals surface area (Å²) in [5, 5.41) is 0.737. The number of halogens is 1. The minimum atomic E-state index is -0.597. The van der Waals surface area contributed by atoms with Gasteiger partial charge in [0.05, 0.1) is 12.5 Å². The summed E-state index contributed by atoms with van der Waals surface area (Å²) in [5.74, 6) is -0.395. The van der Waals surface area contributed by atoms with E-state index in [9.17, 15) is 9.59 Å². The van der Waals surface area contributed by atoms with E-state index in [0.717, 1.165) is 5.56 Å². The van der Waals surface area contributed by atoms with E-state index in [1.807, 2.05) is 25.1 Å². The lowest BCUT2D eigenvalue weighted by atomic mass is 10.1. The van der Waals surface area contributed by atoms with Gasteiger partial charge in [0.2, 0.25) is 11.2 Å². The van der Waals surface area contributed by atoms with Crippen LogP contribution in [-0.2, 0) is 9.53 Å². The van der Waals surface area contributed by atoms with Crippen LogP contribution in [-0.4, -0.2) is 19.7 Å². The van der Waals surface area contributed by atoms with Crippen molar-refractivity contribution in [2.75, 3.05) is 13.7 Å². The van der Waals surface area contributed by atoms with Crippen LogP contribution in [0, 0.1) is 6.92 Å². The highest BCUT2D eigenvalue weighted by Gasteiger charge is 2.19. The first kappa shape index (κ1) is 17.0. The molecule has 3 rings (SSSR count). The number of carbonyl (C=O) groups is 1. The van der Waals surface area contributed by atoms with Gasteiger partial charge in [-0.1, -0.05) is 41.9 Å². The first-order chi connectivity index (χ1) is 12.0. The summed E-state index contributed by atoms with van der Waals surface area (Å²) in [6.07, 6.45) is 0. The molecule has 3 aromatic rings. The third kappa shape index (κ3) is 3.37. The third-order valence-electron chi connectivity index (χ3n) is 3.73. The highest BCUT2D eigenvalue weighted by molar-refractivity contribution is 6.32. The predicted molar refractivity (Wildman–Crippen MR) is 95.2 cm³/mol. The average molecular weight is 359 g/mol. The standard InChI is InChI=1S/C19H15ClO5/c1-11-8-15-13(9-14(11)20)17(22)19(24-10-16(21)23-2)18(25-15)12-6-4-3-5-7-12/h3-9H,10H2,1-2H3. The second-order valence-corrected chi connectivity index (χ2v) is 5.83. The molecule has 5 nitrogen and oxygen atoms in total. The van der Waals surface area contributed by atoms with Gasteiger partial charge < -0.3 is 13.9 Å². The normalized spacial score (nSPS) is 10.7. The lowest BCUT2D eigenvalue weighted by molar-refractivity contribution is -0.142. The van der Waals surface area contributed by atoms with Crippen LogP contribution in [0.2, 0.25) is 5.02 Å². The second kappa shape index (κ2) is 6.99. The number of fused-ring (bicyclic) bond motifs is 1. The van der Waals surface area contributed by atoms with Gasteiger partial charge in [-0.05, 0) is 24.6 Å². The largest absolute Gasteiger partial charge is 0.474 e. The highest BCUT2D eigenvalue weighted by Crippen LogP contribution is 2.32. The minimum absolute atomic E-state index is 0.0518. The molecule has 0 spiro atoms. The van der Waals surface area contributed by atoms with Crippen molar-refractivity contribution in [3.05, 3.63) is 63.3 Å². The van der Waals surface area contributed by atoms with Crippen LogP contribution >= 0.6 is 11.6 Å². The third-order valence-corrected chi connectivity index (χ3v) is 4.14. The quantitative estimate of drug-likeness (QED) is 0.660. The molecule has 1 heterocycles. The maximum Gasteiger partial charge on any atom is 0.343 e. The molecule has 1 aromatic heterocycles. The zero-order valence-electron chi connectivity index (χ0n) is 13.7. The Morgan fingerprint density at radius 2 is 1.92 bits per heavy atom. The van der Waals surface area contributed by atoms with Gasteiger partial charge in [0, 0.05) is 10.6 Å². The van der Waals surface area contributed by atoms with Crippen molar-refractivity contribution in [2.24, 2.45) is 0 Å². The van der Waals surface area contributed by atoms with Gasteiger partial charge in [-0.15, -0.1) is 0 Å². The zero-order valence-corrected chi connectivity index (χ0v) is 14.4. The monoisotopic (exact) mass is 358 g/mol. The van der Waals surface area contributed by atoms with Gasteiger partial charge >= 0.3 is 5.97 Å². The molecule has 0 aliphatic heterocycles. The van der Waals surface area contributed by atoms with Crippen molar-refractivity contribution in [1.82, 2.24) is 0 Å². The Bertz CT molecular complexity index is 992. The van der Waals surface area contributed by atoms with Gasteiger partial charge in [-0.3, -0.25) is 4.79 Å². The SMILES string of the molecule is COC(=O)COc1c(-c2ccccc2)oc2cc(C)c(Cl)cc2c1=O. The molecule has 0 atom stereocenters. The van der Waals surface area contributed by atoms with E-state index in [0.29, 0.717) is 16.2 Å². The van der Waals surface area contributed by atoms with Crippen molar-refractivity contribution in [3.8, 4) is 17.1 Å². The molecule has 0 aliphatic carbocycles. The molecule has 0 N–H and O–H groups in total. The van der Waals surface area contributed by atoms with E-state index >= 15 is 0 Å². The fourth-order valence-electron chi connectivity index (χ4n) is 2.40. The van der Waals surface area contributed by atoms with Crippen molar-refractivity contribution in [1.29, 1.82) is 0 Å². The maximum atomic E-state index is 12.9. The molecule has 0 amide bonds. The Morgan fingerprint density at radius 3 is 2.60 bits per heavy atom. The molecular formula is C19H15ClO5. The summed E-state index contributed by atoms with van der Waals surface area (Å²) in [6.45, 7) is 1.43. The van der Waals surface area contributed by atoms with Crippen molar-refractivity contribution in [3.63, 3.8) is 0 Å². The molecule has 0 aliphatic rings. The molecule has 0 radical (unpaired) electrons. The summed E-state index contributed by atoms with van der Waals surface area (Å²) in [4.78, 5) is 24.3. The second-order valence-electron chi connectivity index (χ2n) is 5.42. The molecule has 0 fully saturated rings. The van der Waals surface area contributed by atoms with Crippen molar-refractivity contribution >= 4 is 28.5 Å². The van der Waals surface area contributed by atoms with Crippen molar-refractivity contribution in [2.45, 2.75) is 6.92 Å². The number of benzene rings is 2. The number of ether oxygens (including phenoxy) is 2. The predicted octanol–water partition coefficient (Wildman–Crippen LogP) is 3.97. The molecule has 0 unspecified atom stereocenters. The van der Waals surface area contributed by atoms with Gasteiger partial charge in [0.1, 0.15) is 5.58 Å². The summed E-state index contributed by atoms with van der Waals surface area (Å²) in [7, 11) is 1.25. The topological polar surface area (TPSA) is 65.7 Å². The Kier molecular flexibility index (Phi) is 4.76. The van der Waals surface area contributed by atoms with Crippen LogP contribution in [0.4, 0.5) is 0 Å². The molecular weight excluding hydrogens is 344 g/mol. The van der Waals surface area contributed by atoms with Gasteiger partial charge in [-0.2, -0.15) is 0 Å². The molecule has 0 bridgehead atoms. The lowest BCUT2D eigenvalue weighted by Gasteiger charge is -2.11. The molecule has 0 saturated heterocycles. The fraction of sp³-hybridized carbons (Fsp3) is 0.158. The average Bonchev–Trinajstić information content (AvgIpc) is 2.63. The Labute approximate surface area is 148 Å². The minimum Gasteiger partial charge on any atom is -0.474 e. The van der Waals surface area contributed by atoms with Crippen LogP contribution in [0.3, 0.4) is 0 Å². The zero-order chi connectivity index (χ0) is 18.0. The number of esters is 1. The van der Waals surface area contributed by atoms with E-state index in [-0.39, 0.29) is 16.9 Å². The van der Waals surface area contributed by atoms with E-state index in [2.05, 4.69) is 4.74 Å². The van der Waals surface area contributed by atoms with Gasteiger partial charge in [0.15, 0.2) is 12.4 Å². The Morgan fingerprint density at radius 1 is 1.20 bits per heavy atom. The van der Waals surface area contributed by atoms with Gasteiger partial charge in [-0.25, -0.2) is 4.79 Å². The molecule has 0 saturated carbocycles. The maximum absolute atomic E-state index is 12.9. The van der Waals surface area contributed by atoms with Crippen LogP contribution in [0.15, 0.2) is 51.7 Å². The van der Waals surface area contributed by atoms with E-state index in [4.69, 9.17) is 20.8 Å². The number of aryl methyl sites for hydroxylation is 1. The van der Waals surface area contributed by atoms with Crippen LogP contribution in [0.5, 0.6) is 5.75 Å². The molecule has 128 valence electrons. The summed E-state index contributed by atoms with van der Waals surface area (Å²) in [5.41, 5.74) is 1.45. The number of carbonyl (C=O) groups excluding carboxylic acids is 1. The number of rotatable bonds is 4. The summed E-state index contributed by atoms with van der Waals surface area (Å²) >= 11 is 6.12. The summed E-state index contributed by atoms with van der Waals surface area (Å²) < 4.78 is 15.9. The first-order valence-electron chi connectivity index (χ1n) is 7.53. The van der Waals surface area contributed by atoms with Crippen LogP contribution in [0.25, 0.3) is 22.3 Å². The molecule has 25 heavy (non-hydrogen) atoms. The summed E-state index contributed by atoms with van der Waals surface area (Å²) in [6, 6.07) is 12.3. The van der Waals surface area contributed by atoms with E-state index in [1.54, 1.807) is 18.2 Å². The number of methoxy groups -OCH3 is 1. The Hall–Kier alpha value is -2.79. The number of hydrogen-bond donors (Lipinski definition) is 0. The molecule has 6 heteroatoms. The van der Waals surface area contributed by atoms with E-state index < -0.39 is 18.0 Å². The van der Waals surface area contributed by atoms with Crippen molar-refractivity contribution < 1.29 is 18.7 Å². The Balaban J connectivity index is 2.25. The van der Waals surface area contributed by atoms with Crippen LogP contribution < -0.4 is 10.2 Å². The van der Waals surface area contributed by atoms with Gasteiger partial charge in [0.25, 0.3) is 0 Å². The fourth-order valence-corrected chi connectivity index (χ4v) is 2.56. The van der Waals surface area contributed by atoms with Crippen LogP contribution in [0.1, 0.15) is 5.56 Å². The number of hydrogen-bond acceptors (Lipinski definition) is 5. The smallest absolute Gasteiger partial charge is 0.343 e. The first-order valence-corrected chi connectivity index (χ1v) is 7.91. The molecule has 2 aromatic carbocycles. The van der Waals surface area contributed by atoms with E-state index in [1.165, 1.54) is 13.2 Å².